The minimum Gasteiger partial charge on any atom is -0.497 e. The monoisotopic (exact) mass is 277 g/mol. The summed E-state index contributed by atoms with van der Waals surface area (Å²) < 4.78 is 7.13. The number of nitrogens with zero attached hydrogens (tertiary/aromatic N) is 2. The Hall–Kier alpha value is -1.62. The molecule has 19 heavy (non-hydrogen) atoms. The summed E-state index contributed by atoms with van der Waals surface area (Å²) in [4.78, 5) is 1.12. The third-order valence-electron chi connectivity index (χ3n) is 2.85. The molecule has 0 spiro atoms. The minimum atomic E-state index is 0.289. The van der Waals surface area contributed by atoms with Crippen LogP contribution in [0, 0.1) is 6.92 Å². The Kier molecular flexibility index (Phi) is 4.04. The molecule has 5 heteroatoms. The van der Waals surface area contributed by atoms with Crippen molar-refractivity contribution >= 4 is 17.4 Å². The molecule has 0 radical (unpaired) electrons. The summed E-state index contributed by atoms with van der Waals surface area (Å²) in [6.45, 7) is 6.14. The minimum absolute atomic E-state index is 0.289. The van der Waals surface area contributed by atoms with E-state index in [2.05, 4.69) is 18.9 Å². The Bertz CT molecular complexity index is 561. The zero-order valence-electron chi connectivity index (χ0n) is 11.7. The van der Waals surface area contributed by atoms with Crippen LogP contribution in [0.15, 0.2) is 34.2 Å². The smallest absolute Gasteiger partial charge is 0.122 e. The molecule has 0 fully saturated rings. The summed E-state index contributed by atoms with van der Waals surface area (Å²) in [6.07, 6.45) is 0. The highest BCUT2D eigenvalue weighted by Gasteiger charge is 2.15. The van der Waals surface area contributed by atoms with Crippen LogP contribution in [0.3, 0.4) is 0 Å². The summed E-state index contributed by atoms with van der Waals surface area (Å²) in [6, 6.07) is 8.23. The van der Waals surface area contributed by atoms with E-state index in [0.29, 0.717) is 0 Å². The van der Waals surface area contributed by atoms with E-state index in [4.69, 9.17) is 10.5 Å². The Morgan fingerprint density at radius 2 is 1.89 bits per heavy atom. The second kappa shape index (κ2) is 5.57. The van der Waals surface area contributed by atoms with Gasteiger partial charge in [0, 0.05) is 10.9 Å². The molecule has 0 amide bonds. The fourth-order valence-corrected chi connectivity index (χ4v) is 2.84. The maximum atomic E-state index is 6.12. The average Bonchev–Trinajstić information content (AvgIpc) is 2.68. The van der Waals surface area contributed by atoms with Crippen LogP contribution in [0.4, 0.5) is 5.69 Å². The van der Waals surface area contributed by atoms with Crippen LogP contribution in [0.5, 0.6) is 5.75 Å². The Balaban J connectivity index is 2.31. The first-order valence-corrected chi connectivity index (χ1v) is 7.01. The number of methoxy groups -OCH3 is 1. The predicted molar refractivity (Wildman–Crippen MR) is 78.9 cm³/mol. The lowest BCUT2D eigenvalue weighted by Gasteiger charge is -2.11. The van der Waals surface area contributed by atoms with E-state index in [1.165, 1.54) is 0 Å². The van der Waals surface area contributed by atoms with Crippen LogP contribution in [0.25, 0.3) is 0 Å². The molecule has 0 aliphatic heterocycles. The van der Waals surface area contributed by atoms with E-state index in [1.807, 2.05) is 35.9 Å². The van der Waals surface area contributed by atoms with Crippen LogP contribution < -0.4 is 10.5 Å². The fourth-order valence-electron chi connectivity index (χ4n) is 1.75. The summed E-state index contributed by atoms with van der Waals surface area (Å²) in [5.74, 6) is 0.853. The number of nitrogens with two attached hydrogens (primary N) is 1. The summed E-state index contributed by atoms with van der Waals surface area (Å²) in [5.41, 5.74) is 7.75. The number of hydrogen-bond acceptors (Lipinski definition) is 4. The molecule has 1 heterocycles. The Morgan fingerprint density at radius 1 is 1.26 bits per heavy atom. The largest absolute Gasteiger partial charge is 0.497 e. The maximum absolute atomic E-state index is 6.12. The van der Waals surface area contributed by atoms with Crippen LogP contribution in [0.2, 0.25) is 0 Å². The molecule has 0 atom stereocenters. The van der Waals surface area contributed by atoms with Gasteiger partial charge in [-0.1, -0.05) is 11.8 Å². The number of aryl methyl sites for hydroxylation is 1. The van der Waals surface area contributed by atoms with E-state index in [-0.39, 0.29) is 6.04 Å². The first-order valence-electron chi connectivity index (χ1n) is 6.19. The van der Waals surface area contributed by atoms with Gasteiger partial charge in [0.25, 0.3) is 0 Å². The predicted octanol–water partition coefficient (Wildman–Crippen LogP) is 3.51. The molecular formula is C14H19N3OS. The van der Waals surface area contributed by atoms with Crippen molar-refractivity contribution < 1.29 is 4.74 Å². The third kappa shape index (κ3) is 2.87. The lowest BCUT2D eigenvalue weighted by Crippen LogP contribution is -2.04. The van der Waals surface area contributed by atoms with Crippen molar-refractivity contribution in [2.75, 3.05) is 12.8 Å². The highest BCUT2D eigenvalue weighted by atomic mass is 32.2. The summed E-state index contributed by atoms with van der Waals surface area (Å²) >= 11 is 1.63. The molecular weight excluding hydrogens is 258 g/mol. The fraction of sp³-hybridized carbons (Fsp3) is 0.357. The van der Waals surface area contributed by atoms with E-state index in [1.54, 1.807) is 18.9 Å². The lowest BCUT2D eigenvalue weighted by atomic mass is 10.3. The van der Waals surface area contributed by atoms with E-state index in [9.17, 15) is 0 Å². The van der Waals surface area contributed by atoms with Gasteiger partial charge in [-0.2, -0.15) is 5.10 Å². The number of hydrogen-bond donors (Lipinski definition) is 1. The SMILES string of the molecule is COc1ccc(Sc2c(N)c(C)nn2C(C)C)cc1. The van der Waals surface area contributed by atoms with Crippen molar-refractivity contribution in [1.82, 2.24) is 9.78 Å². The molecule has 0 unspecified atom stereocenters. The van der Waals surface area contributed by atoms with Crippen molar-refractivity contribution in [3.05, 3.63) is 30.0 Å². The van der Waals surface area contributed by atoms with Gasteiger partial charge in [0.15, 0.2) is 0 Å². The van der Waals surface area contributed by atoms with Crippen molar-refractivity contribution in [3.63, 3.8) is 0 Å². The molecule has 102 valence electrons. The third-order valence-corrected chi connectivity index (χ3v) is 3.96. The molecule has 4 nitrogen and oxygen atoms in total. The van der Waals surface area contributed by atoms with Crippen molar-refractivity contribution in [2.24, 2.45) is 0 Å². The molecule has 2 N–H and O–H groups in total. The van der Waals surface area contributed by atoms with E-state index in [0.717, 1.165) is 27.1 Å². The van der Waals surface area contributed by atoms with E-state index < -0.39 is 0 Å². The zero-order chi connectivity index (χ0) is 14.0. The molecule has 0 aliphatic carbocycles. The van der Waals surface area contributed by atoms with Gasteiger partial charge in [-0.25, -0.2) is 0 Å². The van der Waals surface area contributed by atoms with Crippen LogP contribution in [-0.2, 0) is 0 Å². The highest BCUT2D eigenvalue weighted by molar-refractivity contribution is 7.99. The maximum Gasteiger partial charge on any atom is 0.122 e. The van der Waals surface area contributed by atoms with Crippen molar-refractivity contribution in [1.29, 1.82) is 0 Å². The molecule has 0 aliphatic rings. The van der Waals surface area contributed by atoms with Gasteiger partial charge in [-0.15, -0.1) is 0 Å². The first-order chi connectivity index (χ1) is 9.02. The van der Waals surface area contributed by atoms with Crippen molar-refractivity contribution in [2.45, 2.75) is 36.7 Å². The van der Waals surface area contributed by atoms with E-state index >= 15 is 0 Å². The standard InChI is InChI=1S/C14H19N3OS/c1-9(2)17-14(13(15)10(3)16-17)19-12-7-5-11(18-4)6-8-12/h5-9H,15H2,1-4H3. The number of nitrogen functional groups attached to an aromatic ring is 1. The van der Waals surface area contributed by atoms with Gasteiger partial charge in [-0.3, -0.25) is 4.68 Å². The number of aromatic nitrogens is 2. The molecule has 0 saturated heterocycles. The van der Waals surface area contributed by atoms with Crippen LogP contribution in [-0.4, -0.2) is 16.9 Å². The summed E-state index contributed by atoms with van der Waals surface area (Å²) in [5, 5.41) is 5.48. The van der Waals surface area contributed by atoms with Gasteiger partial charge >= 0.3 is 0 Å². The molecule has 1 aromatic heterocycles. The zero-order valence-corrected chi connectivity index (χ0v) is 12.5. The van der Waals surface area contributed by atoms with Gasteiger partial charge in [-0.05, 0) is 45.0 Å². The Morgan fingerprint density at radius 3 is 2.42 bits per heavy atom. The number of anilines is 1. The molecule has 1 aromatic carbocycles. The van der Waals surface area contributed by atoms with Crippen molar-refractivity contribution in [3.8, 4) is 5.75 Å². The highest BCUT2D eigenvalue weighted by Crippen LogP contribution is 2.35. The first kappa shape index (κ1) is 13.8. The second-order valence-corrected chi connectivity index (χ2v) is 5.68. The van der Waals surface area contributed by atoms with Gasteiger partial charge in [0.1, 0.15) is 10.8 Å². The second-order valence-electron chi connectivity index (χ2n) is 4.62. The average molecular weight is 277 g/mol. The lowest BCUT2D eigenvalue weighted by molar-refractivity contribution is 0.414. The Labute approximate surface area is 117 Å². The molecule has 2 aromatic rings. The quantitative estimate of drug-likeness (QED) is 0.929. The van der Waals surface area contributed by atoms with Crippen LogP contribution in [0.1, 0.15) is 25.6 Å². The molecule has 0 saturated carbocycles. The number of ether oxygens (including phenoxy) is 1. The number of benzene rings is 1. The van der Waals surface area contributed by atoms with Gasteiger partial charge in [0.05, 0.1) is 18.5 Å². The molecule has 0 bridgehead atoms. The van der Waals surface area contributed by atoms with Gasteiger partial charge < -0.3 is 10.5 Å². The number of rotatable bonds is 4. The normalized spacial score (nSPS) is 11.0. The summed E-state index contributed by atoms with van der Waals surface area (Å²) in [7, 11) is 1.66. The van der Waals surface area contributed by atoms with Gasteiger partial charge in [0.2, 0.25) is 0 Å². The van der Waals surface area contributed by atoms with Crippen LogP contribution >= 0.6 is 11.8 Å². The molecule has 2 rings (SSSR count). The topological polar surface area (TPSA) is 53.1 Å².